The zero-order valence-corrected chi connectivity index (χ0v) is 29.0. The van der Waals surface area contributed by atoms with Gasteiger partial charge in [-0.05, 0) is 73.5 Å². The first kappa shape index (κ1) is 41.3. The summed E-state index contributed by atoms with van der Waals surface area (Å²) in [7, 11) is 0. The number of benzene rings is 4. The molecule has 0 fully saturated rings. The Morgan fingerprint density at radius 2 is 0.896 bits per heavy atom. The average molecular weight is 696 g/mol. The number of Topliss-reactive ketones (excluding diaryl/α,β-unsaturated/α-hetero) is 2. The molecule has 0 aliphatic carbocycles. The fourth-order valence-corrected chi connectivity index (χ4v) is 3.63. The molecule has 12 heteroatoms. The normalized spacial score (nSPS) is 11.0. The Morgan fingerprint density at radius 1 is 0.583 bits per heavy atom. The topological polar surface area (TPSA) is 196 Å². The van der Waals surface area contributed by atoms with Gasteiger partial charge in [0.05, 0.1) is 21.4 Å². The van der Waals surface area contributed by atoms with Crippen molar-refractivity contribution in [3.8, 4) is 11.1 Å². The van der Waals surface area contributed by atoms with Crippen LogP contribution in [-0.2, 0) is 19.2 Å². The summed E-state index contributed by atoms with van der Waals surface area (Å²) in [6.07, 6.45) is 2.64. The zero-order valence-electron chi connectivity index (χ0n) is 27.5. The van der Waals surface area contributed by atoms with Crippen LogP contribution >= 0.6 is 23.2 Å². The van der Waals surface area contributed by atoms with Gasteiger partial charge in [0.1, 0.15) is 12.1 Å². The maximum Gasteiger partial charge on any atom is 0.248 e. The summed E-state index contributed by atoms with van der Waals surface area (Å²) in [5.41, 5.74) is 26.3. The van der Waals surface area contributed by atoms with Crippen molar-refractivity contribution in [2.75, 3.05) is 22.1 Å². The van der Waals surface area contributed by atoms with Crippen molar-refractivity contribution in [1.82, 2.24) is 0 Å². The highest BCUT2D eigenvalue weighted by atomic mass is 35.5. The van der Waals surface area contributed by atoms with Crippen LogP contribution in [0.3, 0.4) is 0 Å². The number of nitrogens with one attached hydrogen (secondary N) is 2. The zero-order chi connectivity index (χ0) is 36.2. The lowest BCUT2D eigenvalue weighted by Crippen LogP contribution is -2.41. The maximum atomic E-state index is 11.3. The predicted molar refractivity (Wildman–Crippen MR) is 199 cm³/mol. The van der Waals surface area contributed by atoms with E-state index >= 15 is 0 Å². The second kappa shape index (κ2) is 21.9. The van der Waals surface area contributed by atoms with Gasteiger partial charge in [-0.1, -0.05) is 98.4 Å². The van der Waals surface area contributed by atoms with Crippen molar-refractivity contribution < 1.29 is 19.2 Å². The third-order valence-electron chi connectivity index (χ3n) is 6.36. The number of rotatable bonds is 8. The van der Waals surface area contributed by atoms with E-state index in [-0.39, 0.29) is 11.6 Å². The molecule has 0 aliphatic rings. The van der Waals surface area contributed by atoms with E-state index in [2.05, 4.69) is 24.5 Å². The molecule has 2 amide bonds. The average Bonchev–Trinajstić information content (AvgIpc) is 3.08. The lowest BCUT2D eigenvalue weighted by molar-refractivity contribution is -0.127. The van der Waals surface area contributed by atoms with Crippen LogP contribution < -0.4 is 33.6 Å². The lowest BCUT2D eigenvalue weighted by Gasteiger charge is -2.08. The highest BCUT2D eigenvalue weighted by Crippen LogP contribution is 2.30. The summed E-state index contributed by atoms with van der Waals surface area (Å²) in [5, 5.41) is 6.14. The van der Waals surface area contributed by atoms with E-state index in [0.29, 0.717) is 32.8 Å². The van der Waals surface area contributed by atoms with Gasteiger partial charge in [0.15, 0.2) is 11.6 Å². The molecular weight excluding hydrogens is 651 g/mol. The number of anilines is 4. The van der Waals surface area contributed by atoms with Gasteiger partial charge in [0.2, 0.25) is 11.8 Å². The van der Waals surface area contributed by atoms with Crippen LogP contribution in [0.4, 0.5) is 22.7 Å². The van der Waals surface area contributed by atoms with Crippen molar-refractivity contribution in [2.24, 2.45) is 11.5 Å². The van der Waals surface area contributed by atoms with E-state index in [9.17, 15) is 19.2 Å². The number of nitrogens with two attached hydrogens (primary N) is 4. The monoisotopic (exact) mass is 694 g/mol. The van der Waals surface area contributed by atoms with Gasteiger partial charge in [-0.15, -0.1) is 0 Å². The number of carbonyl (C=O) groups excluding carboxylic acids is 4. The van der Waals surface area contributed by atoms with Crippen molar-refractivity contribution in [3.63, 3.8) is 0 Å². The number of halogens is 2. The molecule has 256 valence electrons. The molecule has 0 aromatic heterocycles. The van der Waals surface area contributed by atoms with Crippen molar-refractivity contribution >= 4 is 69.3 Å². The van der Waals surface area contributed by atoms with E-state index in [1.165, 1.54) is 26.7 Å². The van der Waals surface area contributed by atoms with E-state index in [1.54, 1.807) is 72.8 Å². The minimum Gasteiger partial charge on any atom is -0.398 e. The number of ketones is 2. The number of hydrogen-bond acceptors (Lipinski definition) is 8. The number of carbonyl (C=O) groups is 4. The van der Waals surface area contributed by atoms with Crippen LogP contribution in [0.1, 0.15) is 40.5 Å². The highest BCUT2D eigenvalue weighted by molar-refractivity contribution is 6.34. The molecule has 4 rings (SSSR count). The Hall–Kier alpha value is -4.74. The number of para-hydroxylation sites is 2. The number of nitrogen functional groups attached to an aromatic ring is 2. The second-order valence-electron chi connectivity index (χ2n) is 10.4. The predicted octanol–water partition coefficient (Wildman–Crippen LogP) is 6.71. The number of hydrogen-bond donors (Lipinski definition) is 6. The molecule has 0 aliphatic heterocycles. The molecule has 0 radical (unpaired) electrons. The van der Waals surface area contributed by atoms with Crippen LogP contribution in [0.2, 0.25) is 10.0 Å². The Balaban J connectivity index is 0.000000342. The van der Waals surface area contributed by atoms with Crippen LogP contribution in [-0.4, -0.2) is 35.5 Å². The first-order valence-electron chi connectivity index (χ1n) is 15.1. The minimum atomic E-state index is -1.09. The number of amides is 2. The molecule has 4 aromatic rings. The largest absolute Gasteiger partial charge is 0.398 e. The molecular formula is C36H44Cl2N6O4. The Kier molecular flexibility index (Phi) is 18.9. The van der Waals surface area contributed by atoms with Gasteiger partial charge in [-0.3, -0.25) is 19.2 Å². The lowest BCUT2D eigenvalue weighted by atomic mass is 10.1. The van der Waals surface area contributed by atoms with E-state index in [4.69, 9.17) is 46.1 Å². The van der Waals surface area contributed by atoms with Crippen LogP contribution in [0.15, 0.2) is 97.1 Å². The first-order chi connectivity index (χ1) is 22.7. The van der Waals surface area contributed by atoms with Gasteiger partial charge < -0.3 is 33.6 Å². The molecule has 10 N–H and O–H groups in total. The quantitative estimate of drug-likeness (QED) is 0.0863. The maximum absolute atomic E-state index is 11.3. The first-order valence-corrected chi connectivity index (χ1v) is 15.8. The summed E-state index contributed by atoms with van der Waals surface area (Å²) in [5.74, 6) is -1.66. The summed E-state index contributed by atoms with van der Waals surface area (Å²) in [6.45, 7) is 6.94. The van der Waals surface area contributed by atoms with E-state index < -0.39 is 23.9 Å². The molecule has 0 saturated heterocycles. The molecule has 0 bridgehead atoms. The van der Waals surface area contributed by atoms with Crippen molar-refractivity contribution in [2.45, 2.75) is 52.6 Å². The van der Waals surface area contributed by atoms with Crippen LogP contribution in [0, 0.1) is 0 Å². The van der Waals surface area contributed by atoms with Crippen LogP contribution in [0.25, 0.3) is 11.1 Å². The van der Waals surface area contributed by atoms with Gasteiger partial charge >= 0.3 is 0 Å². The summed E-state index contributed by atoms with van der Waals surface area (Å²) >= 11 is 11.9. The van der Waals surface area contributed by atoms with Gasteiger partial charge in [-0.2, -0.15) is 0 Å². The summed E-state index contributed by atoms with van der Waals surface area (Å²) in [6, 6.07) is 26.5. The fourth-order valence-electron chi connectivity index (χ4n) is 3.27. The summed E-state index contributed by atoms with van der Waals surface area (Å²) < 4.78 is 0. The van der Waals surface area contributed by atoms with E-state index in [1.807, 2.05) is 24.3 Å². The molecule has 0 saturated carbocycles. The third kappa shape index (κ3) is 15.2. The Bertz CT molecular complexity index is 1500. The molecule has 0 spiro atoms. The number of unbranched alkanes of at least 4 members (excludes halogenated alkanes) is 1. The minimum absolute atomic E-state index is 0.349. The highest BCUT2D eigenvalue weighted by Gasteiger charge is 2.18. The molecule has 2 atom stereocenters. The summed E-state index contributed by atoms with van der Waals surface area (Å²) in [4.78, 5) is 44.2. The third-order valence-corrected chi connectivity index (χ3v) is 7.01. The second-order valence-corrected chi connectivity index (χ2v) is 11.2. The Labute approximate surface area is 292 Å². The van der Waals surface area contributed by atoms with Crippen molar-refractivity contribution in [1.29, 1.82) is 0 Å². The van der Waals surface area contributed by atoms with Gasteiger partial charge in [0, 0.05) is 11.4 Å². The Morgan fingerprint density at radius 3 is 1.15 bits per heavy atom. The molecule has 4 aromatic carbocycles. The van der Waals surface area contributed by atoms with Crippen LogP contribution in [0.5, 0.6) is 0 Å². The van der Waals surface area contributed by atoms with Gasteiger partial charge in [-0.25, -0.2) is 0 Å². The molecule has 0 heterocycles. The SMILES string of the molecule is CC(=O)C(N)C(=O)Nc1ccccc1.CC(=O)C(N)C(=O)Nc1ccccc1.CCCC.Nc1ccc(-c2ccc(N)c(Cl)c2)cc1Cl. The standard InChI is InChI=1S/C12H10Cl2N2.2C10H12N2O2.C4H10/c13-9-5-7(1-3-11(9)15)8-2-4-12(16)10(14)6-8;2*1-7(13)9(11)10(14)12-8-5-3-2-4-6-8;1-3-4-2/h1-6H,15-16H2;2*2-6,9H,11H2,1H3,(H,12,14);3-4H2,1-2H3. The fraction of sp³-hybridized carbons (Fsp3) is 0.222. The smallest absolute Gasteiger partial charge is 0.248 e. The molecule has 48 heavy (non-hydrogen) atoms. The van der Waals surface area contributed by atoms with Gasteiger partial charge in [0.25, 0.3) is 0 Å². The van der Waals surface area contributed by atoms with E-state index in [0.717, 1.165) is 11.1 Å². The van der Waals surface area contributed by atoms with Crippen molar-refractivity contribution in [3.05, 3.63) is 107 Å². The molecule has 2 unspecified atom stereocenters. The molecule has 10 nitrogen and oxygen atoms in total.